The van der Waals surface area contributed by atoms with Gasteiger partial charge in [-0.2, -0.15) is 0 Å². The highest BCUT2D eigenvalue weighted by Crippen LogP contribution is 2.28. The predicted octanol–water partition coefficient (Wildman–Crippen LogP) is 3.81. The number of nitrogens with zero attached hydrogens (tertiary/aromatic N) is 2. The van der Waals surface area contributed by atoms with Crippen LogP contribution in [0, 0.1) is 0 Å². The van der Waals surface area contributed by atoms with Crippen molar-refractivity contribution in [2.45, 2.75) is 13.0 Å². The van der Waals surface area contributed by atoms with E-state index in [9.17, 15) is 0 Å². The molecule has 0 amide bonds. The molecular formula is C17H17N3O. The van der Waals surface area contributed by atoms with E-state index in [1.807, 2.05) is 42.6 Å². The van der Waals surface area contributed by atoms with E-state index in [-0.39, 0.29) is 6.04 Å². The number of fused-ring (bicyclic) bond motifs is 1. The third-order valence-corrected chi connectivity index (χ3v) is 3.53. The molecule has 0 aliphatic heterocycles. The maximum Gasteiger partial charge on any atom is 0.134 e. The Hall–Kier alpha value is -2.62. The average Bonchev–Trinajstić information content (AvgIpc) is 2.55. The van der Waals surface area contributed by atoms with Crippen molar-refractivity contribution in [3.63, 3.8) is 0 Å². The van der Waals surface area contributed by atoms with E-state index in [0.717, 1.165) is 22.3 Å². The topological polar surface area (TPSA) is 47.0 Å². The van der Waals surface area contributed by atoms with E-state index in [4.69, 9.17) is 4.74 Å². The third kappa shape index (κ3) is 2.79. The molecule has 21 heavy (non-hydrogen) atoms. The van der Waals surface area contributed by atoms with Crippen molar-refractivity contribution in [2.75, 3.05) is 12.4 Å². The highest BCUT2D eigenvalue weighted by Gasteiger charge is 2.09. The zero-order valence-corrected chi connectivity index (χ0v) is 12.1. The first-order valence-corrected chi connectivity index (χ1v) is 6.87. The Morgan fingerprint density at radius 2 is 1.86 bits per heavy atom. The van der Waals surface area contributed by atoms with Gasteiger partial charge in [-0.1, -0.05) is 6.07 Å². The highest BCUT2D eigenvalue weighted by molar-refractivity contribution is 5.92. The predicted molar refractivity (Wildman–Crippen MR) is 84.6 cm³/mol. The van der Waals surface area contributed by atoms with E-state index in [0.29, 0.717) is 0 Å². The first-order valence-electron chi connectivity index (χ1n) is 6.87. The lowest BCUT2D eigenvalue weighted by Gasteiger charge is -2.16. The van der Waals surface area contributed by atoms with Crippen molar-refractivity contribution in [3.05, 3.63) is 60.6 Å². The number of benzene rings is 1. The second kappa shape index (κ2) is 5.79. The van der Waals surface area contributed by atoms with Crippen LogP contribution in [0.4, 0.5) is 5.82 Å². The van der Waals surface area contributed by atoms with Crippen LogP contribution < -0.4 is 10.1 Å². The van der Waals surface area contributed by atoms with Crippen LogP contribution in [0.3, 0.4) is 0 Å². The lowest BCUT2D eigenvalue weighted by Crippen LogP contribution is -2.08. The van der Waals surface area contributed by atoms with Gasteiger partial charge in [0.05, 0.1) is 13.2 Å². The molecule has 3 aromatic rings. The maximum absolute atomic E-state index is 5.30. The molecule has 4 nitrogen and oxygen atoms in total. The Morgan fingerprint density at radius 1 is 1.05 bits per heavy atom. The molecule has 3 rings (SSSR count). The zero-order valence-electron chi connectivity index (χ0n) is 12.1. The summed E-state index contributed by atoms with van der Waals surface area (Å²) in [6.07, 6.45) is 5.41. The Balaban J connectivity index is 1.96. The lowest BCUT2D eigenvalue weighted by atomic mass is 10.1. The van der Waals surface area contributed by atoms with Gasteiger partial charge in [-0.05, 0) is 48.2 Å². The van der Waals surface area contributed by atoms with Crippen molar-refractivity contribution in [1.29, 1.82) is 0 Å². The van der Waals surface area contributed by atoms with E-state index < -0.39 is 0 Å². The zero-order chi connectivity index (χ0) is 14.7. The second-order valence-electron chi connectivity index (χ2n) is 4.89. The summed E-state index contributed by atoms with van der Waals surface area (Å²) in [6, 6.07) is 12.2. The molecule has 1 unspecified atom stereocenters. The number of methoxy groups -OCH3 is 1. The highest BCUT2D eigenvalue weighted by atomic mass is 16.5. The summed E-state index contributed by atoms with van der Waals surface area (Å²) < 4.78 is 5.30. The number of hydrogen-bond donors (Lipinski definition) is 1. The van der Waals surface area contributed by atoms with Crippen LogP contribution in [0.15, 0.2) is 55.0 Å². The number of pyridine rings is 2. The Labute approximate surface area is 123 Å². The molecule has 0 aliphatic rings. The first kappa shape index (κ1) is 13.4. The molecule has 4 heteroatoms. The van der Waals surface area contributed by atoms with Crippen LogP contribution in [-0.2, 0) is 0 Å². The van der Waals surface area contributed by atoms with E-state index in [1.54, 1.807) is 19.5 Å². The standard InChI is InChI=1S/C17H17N3O/c1-12(13-5-8-18-9-6-13)20-17-16-11-15(21-2)4-3-14(16)7-10-19-17/h3-12H,1-2H3,(H,19,20). The minimum absolute atomic E-state index is 0.150. The van der Waals surface area contributed by atoms with Crippen molar-refractivity contribution >= 4 is 16.6 Å². The fraction of sp³-hybridized carbons (Fsp3) is 0.176. The molecule has 1 N–H and O–H groups in total. The number of rotatable bonds is 4. The minimum Gasteiger partial charge on any atom is -0.497 e. The van der Waals surface area contributed by atoms with Crippen LogP contribution in [0.5, 0.6) is 5.75 Å². The summed E-state index contributed by atoms with van der Waals surface area (Å²) in [5.41, 5.74) is 1.17. The molecule has 2 aromatic heterocycles. The van der Waals surface area contributed by atoms with Gasteiger partial charge in [-0.3, -0.25) is 4.98 Å². The molecule has 0 saturated carbocycles. The van der Waals surface area contributed by atoms with Crippen LogP contribution in [0.2, 0.25) is 0 Å². The summed E-state index contributed by atoms with van der Waals surface area (Å²) in [6.45, 7) is 2.11. The van der Waals surface area contributed by atoms with Gasteiger partial charge in [0, 0.05) is 24.0 Å². The fourth-order valence-corrected chi connectivity index (χ4v) is 2.33. The van der Waals surface area contributed by atoms with Gasteiger partial charge in [0.2, 0.25) is 0 Å². The van der Waals surface area contributed by atoms with Gasteiger partial charge < -0.3 is 10.1 Å². The minimum atomic E-state index is 0.150. The van der Waals surface area contributed by atoms with Crippen molar-refractivity contribution in [2.24, 2.45) is 0 Å². The van der Waals surface area contributed by atoms with Crippen LogP contribution in [0.1, 0.15) is 18.5 Å². The quantitative estimate of drug-likeness (QED) is 0.789. The number of nitrogens with one attached hydrogen (secondary N) is 1. The van der Waals surface area contributed by atoms with Gasteiger partial charge in [0.1, 0.15) is 11.6 Å². The van der Waals surface area contributed by atoms with Gasteiger partial charge in [0.15, 0.2) is 0 Å². The van der Waals surface area contributed by atoms with Crippen molar-refractivity contribution in [1.82, 2.24) is 9.97 Å². The molecule has 0 aliphatic carbocycles. The maximum atomic E-state index is 5.30. The first-order chi connectivity index (χ1) is 10.3. The number of anilines is 1. The Bertz CT molecular complexity index is 743. The summed E-state index contributed by atoms with van der Waals surface area (Å²) in [5, 5.41) is 5.65. The normalized spacial score (nSPS) is 12.1. The Morgan fingerprint density at radius 3 is 2.62 bits per heavy atom. The summed E-state index contributed by atoms with van der Waals surface area (Å²) in [7, 11) is 1.67. The monoisotopic (exact) mass is 279 g/mol. The molecule has 0 bridgehead atoms. The molecule has 2 heterocycles. The van der Waals surface area contributed by atoms with Gasteiger partial charge in [-0.15, -0.1) is 0 Å². The average molecular weight is 279 g/mol. The van der Waals surface area contributed by atoms with Gasteiger partial charge in [-0.25, -0.2) is 4.98 Å². The molecule has 0 spiro atoms. The number of hydrogen-bond acceptors (Lipinski definition) is 4. The van der Waals surface area contributed by atoms with Crippen LogP contribution in [-0.4, -0.2) is 17.1 Å². The number of ether oxygens (including phenoxy) is 1. The van der Waals surface area contributed by atoms with E-state index in [1.165, 1.54) is 5.56 Å². The van der Waals surface area contributed by atoms with Gasteiger partial charge in [0.25, 0.3) is 0 Å². The molecule has 1 atom stereocenters. The molecular weight excluding hydrogens is 262 g/mol. The molecule has 0 saturated heterocycles. The fourth-order valence-electron chi connectivity index (χ4n) is 2.33. The van der Waals surface area contributed by atoms with E-state index >= 15 is 0 Å². The van der Waals surface area contributed by atoms with Crippen LogP contribution >= 0.6 is 0 Å². The summed E-state index contributed by atoms with van der Waals surface area (Å²) in [5.74, 6) is 1.69. The van der Waals surface area contributed by atoms with E-state index in [2.05, 4.69) is 22.2 Å². The summed E-state index contributed by atoms with van der Waals surface area (Å²) >= 11 is 0. The molecule has 0 radical (unpaired) electrons. The van der Waals surface area contributed by atoms with Crippen molar-refractivity contribution < 1.29 is 4.74 Å². The molecule has 106 valence electrons. The van der Waals surface area contributed by atoms with Crippen molar-refractivity contribution in [3.8, 4) is 5.75 Å². The van der Waals surface area contributed by atoms with Gasteiger partial charge >= 0.3 is 0 Å². The lowest BCUT2D eigenvalue weighted by molar-refractivity contribution is 0.415. The second-order valence-corrected chi connectivity index (χ2v) is 4.89. The summed E-state index contributed by atoms with van der Waals surface area (Å²) in [4.78, 5) is 8.51. The molecule has 0 fully saturated rings. The largest absolute Gasteiger partial charge is 0.497 e. The third-order valence-electron chi connectivity index (χ3n) is 3.53. The number of aromatic nitrogens is 2. The molecule has 1 aromatic carbocycles. The van der Waals surface area contributed by atoms with Crippen LogP contribution in [0.25, 0.3) is 10.8 Å². The Kier molecular flexibility index (Phi) is 3.69. The smallest absolute Gasteiger partial charge is 0.134 e. The SMILES string of the molecule is COc1ccc2ccnc(NC(C)c3ccncc3)c2c1.